The lowest BCUT2D eigenvalue weighted by molar-refractivity contribution is -0.122. The second kappa shape index (κ2) is 5.19. The van der Waals surface area contributed by atoms with E-state index in [2.05, 4.69) is 37.1 Å². The zero-order chi connectivity index (χ0) is 14.3. The van der Waals surface area contributed by atoms with Gasteiger partial charge in [0.1, 0.15) is 6.61 Å². The van der Waals surface area contributed by atoms with Gasteiger partial charge in [-0.3, -0.25) is 4.79 Å². The Balaban J connectivity index is 2.01. The molecule has 2 atom stereocenters. The number of likely N-dealkylation sites (tertiary alicyclic amines) is 1. The number of aryl methyl sites for hydroxylation is 1. The number of nitrogens with zero attached hydrogens (tertiary/aromatic N) is 2. The summed E-state index contributed by atoms with van der Waals surface area (Å²) < 4.78 is 5.05. The number of hydrogen-bond donors (Lipinski definition) is 0. The second-order valence-electron chi connectivity index (χ2n) is 5.98. The highest BCUT2D eigenvalue weighted by molar-refractivity contribution is 5.97. The molecule has 1 fully saturated rings. The summed E-state index contributed by atoms with van der Waals surface area (Å²) in [6, 6.07) is 6.72. The molecule has 0 radical (unpaired) electrons. The number of likely N-dealkylation sites (N-methyl/N-ethyl adjacent to an activating group) is 1. The minimum absolute atomic E-state index is 0.0784. The fourth-order valence-electron chi connectivity index (χ4n) is 3.60. The molecule has 2 aliphatic rings. The first kappa shape index (κ1) is 13.6. The van der Waals surface area contributed by atoms with Crippen LogP contribution in [0.1, 0.15) is 23.5 Å². The Morgan fingerprint density at radius 3 is 3.00 bits per heavy atom. The molecule has 3 rings (SSSR count). The van der Waals surface area contributed by atoms with E-state index < -0.39 is 0 Å². The van der Waals surface area contributed by atoms with Gasteiger partial charge in [-0.25, -0.2) is 0 Å². The first-order chi connectivity index (χ1) is 9.61. The fraction of sp³-hybridized carbons (Fsp3) is 0.562. The van der Waals surface area contributed by atoms with Crippen LogP contribution < -0.4 is 4.90 Å². The van der Waals surface area contributed by atoms with E-state index in [0.717, 1.165) is 25.2 Å². The number of piperidine rings is 1. The number of anilines is 1. The van der Waals surface area contributed by atoms with Crippen LogP contribution in [0.25, 0.3) is 0 Å². The normalized spacial score (nSPS) is 25.4. The van der Waals surface area contributed by atoms with Gasteiger partial charge in [-0.2, -0.15) is 0 Å². The molecule has 4 heteroatoms. The molecular formula is C16H22N2O2. The molecule has 1 aromatic rings. The summed E-state index contributed by atoms with van der Waals surface area (Å²) in [5, 5.41) is 0. The standard InChI is InChI=1S/C16H22N2O2/c1-11-4-5-14-12(8-11)13-9-17(2)7-6-15(13)18(14)16(19)10-20-3/h4-5,8,13,15H,6-7,9-10H2,1-3H3. The first-order valence-electron chi connectivity index (χ1n) is 7.22. The molecule has 1 saturated heterocycles. The molecule has 0 aromatic heterocycles. The van der Waals surface area contributed by atoms with E-state index in [1.165, 1.54) is 11.1 Å². The molecule has 0 aliphatic carbocycles. The molecule has 4 nitrogen and oxygen atoms in total. The molecule has 0 spiro atoms. The van der Waals surface area contributed by atoms with Crippen molar-refractivity contribution in [2.24, 2.45) is 0 Å². The number of benzene rings is 1. The van der Waals surface area contributed by atoms with Crippen LogP contribution in [0, 0.1) is 6.92 Å². The summed E-state index contributed by atoms with van der Waals surface area (Å²) >= 11 is 0. The maximum Gasteiger partial charge on any atom is 0.253 e. The third-order valence-electron chi connectivity index (χ3n) is 4.49. The van der Waals surface area contributed by atoms with Gasteiger partial charge in [0, 0.05) is 31.3 Å². The maximum absolute atomic E-state index is 12.4. The quantitative estimate of drug-likeness (QED) is 0.824. The predicted octanol–water partition coefficient (Wildman–Crippen LogP) is 1.78. The average Bonchev–Trinajstić information content (AvgIpc) is 2.72. The Kier molecular flexibility index (Phi) is 3.52. The second-order valence-corrected chi connectivity index (χ2v) is 5.98. The molecule has 0 bridgehead atoms. The molecule has 108 valence electrons. The number of carbonyl (C=O) groups excluding carboxylic acids is 1. The van der Waals surface area contributed by atoms with Crippen LogP contribution in [-0.4, -0.2) is 50.7 Å². The van der Waals surface area contributed by atoms with Crippen molar-refractivity contribution in [3.05, 3.63) is 29.3 Å². The van der Waals surface area contributed by atoms with Gasteiger partial charge in [0.2, 0.25) is 0 Å². The Hall–Kier alpha value is -1.39. The van der Waals surface area contributed by atoms with E-state index in [1.807, 2.05) is 4.90 Å². The number of hydrogen-bond acceptors (Lipinski definition) is 3. The van der Waals surface area contributed by atoms with E-state index in [4.69, 9.17) is 4.74 Å². The van der Waals surface area contributed by atoms with Gasteiger partial charge in [-0.15, -0.1) is 0 Å². The smallest absolute Gasteiger partial charge is 0.253 e. The Bertz CT molecular complexity index is 529. The van der Waals surface area contributed by atoms with Crippen LogP contribution in [0.4, 0.5) is 5.69 Å². The van der Waals surface area contributed by atoms with Gasteiger partial charge in [-0.05, 0) is 38.6 Å². The van der Waals surface area contributed by atoms with Gasteiger partial charge < -0.3 is 14.5 Å². The molecule has 0 N–H and O–H groups in total. The Morgan fingerprint density at radius 2 is 2.25 bits per heavy atom. The summed E-state index contributed by atoms with van der Waals surface area (Å²) in [6.45, 7) is 4.34. The van der Waals surface area contributed by atoms with Crippen LogP contribution in [0.3, 0.4) is 0 Å². The van der Waals surface area contributed by atoms with Crippen molar-refractivity contribution in [3.63, 3.8) is 0 Å². The molecule has 1 aromatic carbocycles. The predicted molar refractivity (Wildman–Crippen MR) is 79.2 cm³/mol. The van der Waals surface area contributed by atoms with Crippen LogP contribution in [0.15, 0.2) is 18.2 Å². The molecular weight excluding hydrogens is 252 g/mol. The largest absolute Gasteiger partial charge is 0.375 e. The van der Waals surface area contributed by atoms with Gasteiger partial charge in [0.15, 0.2) is 0 Å². The molecule has 0 saturated carbocycles. The van der Waals surface area contributed by atoms with Crippen molar-refractivity contribution in [1.82, 2.24) is 4.90 Å². The van der Waals surface area contributed by atoms with Gasteiger partial charge in [0.05, 0.1) is 0 Å². The number of rotatable bonds is 2. The minimum atomic E-state index is 0.0784. The summed E-state index contributed by atoms with van der Waals surface area (Å²) in [5.41, 5.74) is 3.67. The van der Waals surface area contributed by atoms with E-state index >= 15 is 0 Å². The SMILES string of the molecule is COCC(=O)N1c2ccc(C)cc2C2CN(C)CCC21. The van der Waals surface area contributed by atoms with Crippen molar-refractivity contribution < 1.29 is 9.53 Å². The lowest BCUT2D eigenvalue weighted by Gasteiger charge is -2.36. The molecule has 2 aliphatic heterocycles. The lowest BCUT2D eigenvalue weighted by atomic mass is 9.89. The summed E-state index contributed by atoms with van der Waals surface area (Å²) in [5.74, 6) is 0.513. The highest BCUT2D eigenvalue weighted by atomic mass is 16.5. The van der Waals surface area contributed by atoms with Crippen molar-refractivity contribution in [3.8, 4) is 0 Å². The van der Waals surface area contributed by atoms with E-state index in [9.17, 15) is 4.79 Å². The lowest BCUT2D eigenvalue weighted by Crippen LogP contribution is -2.48. The third kappa shape index (κ3) is 2.13. The molecule has 20 heavy (non-hydrogen) atoms. The molecule has 1 amide bonds. The number of amides is 1. The highest BCUT2D eigenvalue weighted by Crippen LogP contribution is 2.44. The summed E-state index contributed by atoms with van der Waals surface area (Å²) in [4.78, 5) is 16.8. The maximum atomic E-state index is 12.4. The van der Waals surface area contributed by atoms with Gasteiger partial charge >= 0.3 is 0 Å². The van der Waals surface area contributed by atoms with Gasteiger partial charge in [-0.1, -0.05) is 17.7 Å². The number of carbonyl (C=O) groups is 1. The number of fused-ring (bicyclic) bond motifs is 3. The van der Waals surface area contributed by atoms with Crippen molar-refractivity contribution in [1.29, 1.82) is 0 Å². The molecule has 2 unspecified atom stereocenters. The zero-order valence-electron chi connectivity index (χ0n) is 12.4. The molecule has 2 heterocycles. The first-order valence-corrected chi connectivity index (χ1v) is 7.22. The van der Waals surface area contributed by atoms with E-state index in [1.54, 1.807) is 7.11 Å². The summed E-state index contributed by atoms with van der Waals surface area (Å²) in [7, 11) is 3.74. The average molecular weight is 274 g/mol. The van der Waals surface area contributed by atoms with Crippen LogP contribution in [0.5, 0.6) is 0 Å². The van der Waals surface area contributed by atoms with E-state index in [-0.39, 0.29) is 12.5 Å². The highest BCUT2D eigenvalue weighted by Gasteiger charge is 2.43. The Labute approximate surface area is 120 Å². The minimum Gasteiger partial charge on any atom is -0.375 e. The summed E-state index contributed by atoms with van der Waals surface area (Å²) in [6.07, 6.45) is 1.03. The Morgan fingerprint density at radius 1 is 1.45 bits per heavy atom. The monoisotopic (exact) mass is 274 g/mol. The van der Waals surface area contributed by atoms with Crippen molar-refractivity contribution >= 4 is 11.6 Å². The van der Waals surface area contributed by atoms with Crippen LogP contribution >= 0.6 is 0 Å². The number of ether oxygens (including phenoxy) is 1. The van der Waals surface area contributed by atoms with Crippen LogP contribution in [-0.2, 0) is 9.53 Å². The zero-order valence-corrected chi connectivity index (χ0v) is 12.4. The third-order valence-corrected chi connectivity index (χ3v) is 4.49. The fourth-order valence-corrected chi connectivity index (χ4v) is 3.60. The van der Waals surface area contributed by atoms with Crippen molar-refractivity contribution in [2.75, 3.05) is 38.8 Å². The number of methoxy groups -OCH3 is 1. The topological polar surface area (TPSA) is 32.8 Å². The van der Waals surface area contributed by atoms with Crippen LogP contribution in [0.2, 0.25) is 0 Å². The van der Waals surface area contributed by atoms with Gasteiger partial charge in [0.25, 0.3) is 5.91 Å². The van der Waals surface area contributed by atoms with E-state index in [0.29, 0.717) is 12.0 Å². The van der Waals surface area contributed by atoms with Crippen molar-refractivity contribution in [2.45, 2.75) is 25.3 Å².